The van der Waals surface area contributed by atoms with Gasteiger partial charge in [0, 0.05) is 24.7 Å². The lowest BCUT2D eigenvalue weighted by Gasteiger charge is -2.21. The van der Waals surface area contributed by atoms with E-state index in [1.807, 2.05) is 4.90 Å². The molecule has 0 amide bonds. The van der Waals surface area contributed by atoms with Crippen LogP contribution in [0.5, 0.6) is 0 Å². The van der Waals surface area contributed by atoms with Crippen LogP contribution in [0.2, 0.25) is 0 Å². The van der Waals surface area contributed by atoms with Gasteiger partial charge in [-0.05, 0) is 24.0 Å². The molecule has 108 valence electrons. The van der Waals surface area contributed by atoms with Gasteiger partial charge in [0.05, 0.1) is 4.92 Å². The monoisotopic (exact) mass is 278 g/mol. The predicted octanol–water partition coefficient (Wildman–Crippen LogP) is 1.93. The SMILES string of the molecule is CC1(C)CCN(c2ccc(/C(N)=N/O)cc2[N+](=O)[O-])C1. The van der Waals surface area contributed by atoms with Crippen molar-refractivity contribution in [3.8, 4) is 0 Å². The zero-order chi connectivity index (χ0) is 14.9. The Kier molecular flexibility index (Phi) is 3.52. The first-order chi connectivity index (χ1) is 9.34. The standard InChI is InChI=1S/C13H18N4O3/c1-13(2)5-6-16(8-13)10-4-3-9(12(14)15-18)7-11(10)17(19)20/h3-4,7,18H,5-6,8H2,1-2H3,(H2,14,15). The van der Waals surface area contributed by atoms with Gasteiger partial charge in [-0.3, -0.25) is 10.1 Å². The molecule has 7 heteroatoms. The second-order valence-corrected chi connectivity index (χ2v) is 5.78. The van der Waals surface area contributed by atoms with Crippen LogP contribution in [0.15, 0.2) is 23.4 Å². The highest BCUT2D eigenvalue weighted by molar-refractivity contribution is 5.98. The summed E-state index contributed by atoms with van der Waals surface area (Å²) in [6.45, 7) is 5.85. The fourth-order valence-electron chi connectivity index (χ4n) is 2.47. The zero-order valence-electron chi connectivity index (χ0n) is 11.5. The third-order valence-corrected chi connectivity index (χ3v) is 3.59. The van der Waals surface area contributed by atoms with E-state index in [1.165, 1.54) is 6.07 Å². The molecule has 0 aliphatic carbocycles. The van der Waals surface area contributed by atoms with Gasteiger partial charge in [-0.2, -0.15) is 0 Å². The maximum absolute atomic E-state index is 11.2. The van der Waals surface area contributed by atoms with Gasteiger partial charge in [-0.1, -0.05) is 19.0 Å². The minimum atomic E-state index is -0.436. The number of oxime groups is 1. The first-order valence-corrected chi connectivity index (χ1v) is 6.35. The maximum atomic E-state index is 11.2. The number of nitro groups is 1. The van der Waals surface area contributed by atoms with Crippen LogP contribution in [0.3, 0.4) is 0 Å². The maximum Gasteiger partial charge on any atom is 0.293 e. The molecule has 1 aliphatic rings. The Bertz CT molecular complexity index is 569. The van der Waals surface area contributed by atoms with Gasteiger partial charge >= 0.3 is 0 Å². The van der Waals surface area contributed by atoms with Gasteiger partial charge in [0.2, 0.25) is 0 Å². The van der Waals surface area contributed by atoms with Crippen molar-refractivity contribution in [2.75, 3.05) is 18.0 Å². The largest absolute Gasteiger partial charge is 0.409 e. The molecule has 1 aliphatic heterocycles. The van der Waals surface area contributed by atoms with Gasteiger partial charge in [0.1, 0.15) is 5.69 Å². The van der Waals surface area contributed by atoms with Crippen LogP contribution in [0.4, 0.5) is 11.4 Å². The van der Waals surface area contributed by atoms with Crippen LogP contribution in [0.1, 0.15) is 25.8 Å². The van der Waals surface area contributed by atoms with Gasteiger partial charge in [-0.15, -0.1) is 0 Å². The molecule has 1 saturated heterocycles. The molecular weight excluding hydrogens is 260 g/mol. The van der Waals surface area contributed by atoms with E-state index in [0.29, 0.717) is 11.3 Å². The molecule has 0 aromatic heterocycles. The summed E-state index contributed by atoms with van der Waals surface area (Å²) in [5, 5.41) is 22.8. The molecule has 0 atom stereocenters. The Balaban J connectivity index is 2.41. The molecule has 7 nitrogen and oxygen atoms in total. The summed E-state index contributed by atoms with van der Waals surface area (Å²) in [5.41, 5.74) is 6.52. The number of amidine groups is 1. The predicted molar refractivity (Wildman–Crippen MR) is 76.2 cm³/mol. The van der Waals surface area contributed by atoms with Crippen molar-refractivity contribution in [3.63, 3.8) is 0 Å². The topological polar surface area (TPSA) is 105 Å². The quantitative estimate of drug-likeness (QED) is 0.289. The summed E-state index contributed by atoms with van der Waals surface area (Å²) in [6.07, 6.45) is 0.992. The summed E-state index contributed by atoms with van der Waals surface area (Å²) in [5.74, 6) is -0.138. The smallest absolute Gasteiger partial charge is 0.293 e. The second kappa shape index (κ2) is 4.99. The Labute approximate surface area is 116 Å². The second-order valence-electron chi connectivity index (χ2n) is 5.78. The third kappa shape index (κ3) is 2.66. The molecule has 0 spiro atoms. The molecule has 0 saturated carbocycles. The molecular formula is C13H18N4O3. The van der Waals surface area contributed by atoms with Crippen molar-refractivity contribution in [3.05, 3.63) is 33.9 Å². The molecule has 20 heavy (non-hydrogen) atoms. The molecule has 0 radical (unpaired) electrons. The molecule has 1 aromatic carbocycles. The molecule has 1 fully saturated rings. The van der Waals surface area contributed by atoms with Crippen molar-refractivity contribution in [2.45, 2.75) is 20.3 Å². The highest BCUT2D eigenvalue weighted by Crippen LogP contribution is 2.37. The third-order valence-electron chi connectivity index (χ3n) is 3.59. The van der Waals surface area contributed by atoms with E-state index in [2.05, 4.69) is 19.0 Å². The molecule has 1 aromatic rings. The van der Waals surface area contributed by atoms with Crippen molar-refractivity contribution in [2.24, 2.45) is 16.3 Å². The van der Waals surface area contributed by atoms with Gasteiger partial charge in [0.15, 0.2) is 5.84 Å². The fourth-order valence-corrected chi connectivity index (χ4v) is 2.47. The highest BCUT2D eigenvalue weighted by atomic mass is 16.6. The summed E-state index contributed by atoms with van der Waals surface area (Å²) < 4.78 is 0. The Morgan fingerprint density at radius 1 is 1.55 bits per heavy atom. The lowest BCUT2D eigenvalue weighted by Crippen LogP contribution is -2.24. The zero-order valence-corrected chi connectivity index (χ0v) is 11.5. The first-order valence-electron chi connectivity index (χ1n) is 6.35. The number of anilines is 1. The highest BCUT2D eigenvalue weighted by Gasteiger charge is 2.32. The summed E-state index contributed by atoms with van der Waals surface area (Å²) in [6, 6.07) is 4.63. The number of nitro benzene ring substituents is 1. The molecule has 0 bridgehead atoms. The number of benzene rings is 1. The normalized spacial score (nSPS) is 18.3. The minimum Gasteiger partial charge on any atom is -0.409 e. The van der Waals surface area contributed by atoms with Crippen molar-refractivity contribution in [1.82, 2.24) is 0 Å². The van der Waals surface area contributed by atoms with Gasteiger partial charge in [-0.25, -0.2) is 0 Å². The summed E-state index contributed by atoms with van der Waals surface area (Å²) >= 11 is 0. The van der Waals surface area contributed by atoms with Gasteiger partial charge < -0.3 is 15.8 Å². The van der Waals surface area contributed by atoms with Crippen molar-refractivity contribution in [1.29, 1.82) is 0 Å². The average molecular weight is 278 g/mol. The van der Waals surface area contributed by atoms with Crippen LogP contribution >= 0.6 is 0 Å². The number of nitrogens with two attached hydrogens (primary N) is 1. The van der Waals surface area contributed by atoms with E-state index in [1.54, 1.807) is 12.1 Å². The van der Waals surface area contributed by atoms with Crippen LogP contribution in [0.25, 0.3) is 0 Å². The van der Waals surface area contributed by atoms with E-state index < -0.39 is 4.92 Å². The minimum absolute atomic E-state index is 0.0215. The van der Waals surface area contributed by atoms with E-state index in [4.69, 9.17) is 10.9 Å². The van der Waals surface area contributed by atoms with Crippen molar-refractivity contribution >= 4 is 17.2 Å². The molecule has 2 rings (SSSR count). The number of hydrogen-bond acceptors (Lipinski definition) is 5. The van der Waals surface area contributed by atoms with Crippen LogP contribution in [0, 0.1) is 15.5 Å². The van der Waals surface area contributed by atoms with Crippen LogP contribution in [-0.2, 0) is 0 Å². The van der Waals surface area contributed by atoms with Crippen LogP contribution < -0.4 is 10.6 Å². The van der Waals surface area contributed by atoms with Crippen LogP contribution in [-0.4, -0.2) is 29.1 Å². The summed E-state index contributed by atoms with van der Waals surface area (Å²) in [4.78, 5) is 12.8. The van der Waals surface area contributed by atoms with Gasteiger partial charge in [0.25, 0.3) is 5.69 Å². The number of nitrogens with zero attached hydrogens (tertiary/aromatic N) is 3. The summed E-state index contributed by atoms with van der Waals surface area (Å²) in [7, 11) is 0. The van der Waals surface area contributed by atoms with E-state index in [0.717, 1.165) is 19.5 Å². The first kappa shape index (κ1) is 14.1. The van der Waals surface area contributed by atoms with E-state index in [-0.39, 0.29) is 16.9 Å². The number of rotatable bonds is 3. The lowest BCUT2D eigenvalue weighted by molar-refractivity contribution is -0.384. The average Bonchev–Trinajstić information content (AvgIpc) is 2.77. The molecule has 3 N–H and O–H groups in total. The van der Waals surface area contributed by atoms with E-state index >= 15 is 0 Å². The molecule has 1 heterocycles. The van der Waals surface area contributed by atoms with Crippen molar-refractivity contribution < 1.29 is 10.1 Å². The lowest BCUT2D eigenvalue weighted by atomic mass is 9.93. The van der Waals surface area contributed by atoms with E-state index in [9.17, 15) is 10.1 Å². The Morgan fingerprint density at radius 2 is 2.25 bits per heavy atom. The Morgan fingerprint density at radius 3 is 2.75 bits per heavy atom. The molecule has 0 unspecified atom stereocenters. The Hall–Kier alpha value is -2.31. The number of hydrogen-bond donors (Lipinski definition) is 2. The fraction of sp³-hybridized carbons (Fsp3) is 0.462.